The van der Waals surface area contributed by atoms with Gasteiger partial charge in [-0.05, 0) is 60.5 Å². The maximum Gasteiger partial charge on any atom is 0.282 e. The highest BCUT2D eigenvalue weighted by molar-refractivity contribution is 7.90. The summed E-state index contributed by atoms with van der Waals surface area (Å²) in [4.78, 5) is 29.3. The van der Waals surface area contributed by atoms with E-state index in [1.54, 1.807) is 30.3 Å². The molecule has 0 spiro atoms. The van der Waals surface area contributed by atoms with Crippen LogP contribution in [-0.4, -0.2) is 38.5 Å². The lowest BCUT2D eigenvalue weighted by molar-refractivity contribution is 0.0974. The molecule has 2 aromatic heterocycles. The molecule has 2 N–H and O–H groups in total. The van der Waals surface area contributed by atoms with Gasteiger partial charge in [-0.25, -0.2) is 25.9 Å². The molecule has 43 heavy (non-hydrogen) atoms. The van der Waals surface area contributed by atoms with Crippen LogP contribution in [0.2, 0.25) is 5.02 Å². The van der Waals surface area contributed by atoms with Crippen LogP contribution in [0.1, 0.15) is 27.2 Å². The molecule has 0 unspecified atom stereocenters. The topological polar surface area (TPSA) is 135 Å². The lowest BCUT2D eigenvalue weighted by Crippen LogP contribution is -2.33. The van der Waals surface area contributed by atoms with E-state index in [4.69, 9.17) is 11.6 Å². The number of benzene rings is 3. The number of halogens is 2. The first-order valence-electron chi connectivity index (χ1n) is 12.8. The van der Waals surface area contributed by atoms with Gasteiger partial charge < -0.3 is 9.55 Å². The fourth-order valence-electron chi connectivity index (χ4n) is 4.97. The standard InChI is InChI=1S/C30H25ClFN3O6S2/c1-18-9-10-19(17-42(2,38)39)14-26(18)43(40,41)34-30(37)28-27(22-7-5-13-33-29(22)36)23-15-21(31)11-12-25(23)35(28)16-20-6-3-4-8-24(20)32/h3-15H,16-17H2,1-2H3,(H,33,36)(H,34,37). The van der Waals surface area contributed by atoms with Gasteiger partial charge in [-0.2, -0.15) is 0 Å². The zero-order chi connectivity index (χ0) is 31.1. The first kappa shape index (κ1) is 30.2. The molecule has 0 atom stereocenters. The lowest BCUT2D eigenvalue weighted by Gasteiger charge is -2.15. The van der Waals surface area contributed by atoms with Crippen molar-refractivity contribution in [3.05, 3.63) is 123 Å². The second-order valence-corrected chi connectivity index (χ2v) is 14.3. The Morgan fingerprint density at radius 2 is 1.74 bits per heavy atom. The Balaban J connectivity index is 1.73. The van der Waals surface area contributed by atoms with Crippen LogP contribution in [0.25, 0.3) is 22.0 Å². The fourth-order valence-corrected chi connectivity index (χ4v) is 7.17. The molecule has 13 heteroatoms. The van der Waals surface area contributed by atoms with Gasteiger partial charge in [0.2, 0.25) is 0 Å². The number of aromatic nitrogens is 2. The normalized spacial score (nSPS) is 12.0. The molecule has 222 valence electrons. The van der Waals surface area contributed by atoms with Crippen molar-refractivity contribution in [1.29, 1.82) is 0 Å². The number of rotatable bonds is 8. The van der Waals surface area contributed by atoms with Gasteiger partial charge in [0, 0.05) is 45.1 Å². The summed E-state index contributed by atoms with van der Waals surface area (Å²) in [6, 6.07) is 17.8. The molecular formula is C30H25ClFN3O6S2. The zero-order valence-corrected chi connectivity index (χ0v) is 25.3. The number of hydrogen-bond acceptors (Lipinski definition) is 6. The number of amides is 1. The van der Waals surface area contributed by atoms with Crippen molar-refractivity contribution >= 4 is 48.3 Å². The number of sulfonamides is 1. The minimum atomic E-state index is -4.56. The first-order chi connectivity index (χ1) is 20.2. The monoisotopic (exact) mass is 641 g/mol. The number of carbonyl (C=O) groups is 1. The minimum Gasteiger partial charge on any atom is -0.331 e. The maximum absolute atomic E-state index is 14.8. The van der Waals surface area contributed by atoms with Crippen LogP contribution in [0.4, 0.5) is 4.39 Å². The summed E-state index contributed by atoms with van der Waals surface area (Å²) >= 11 is 6.31. The number of aromatic amines is 1. The van der Waals surface area contributed by atoms with Crippen molar-refractivity contribution in [2.24, 2.45) is 0 Å². The SMILES string of the molecule is Cc1ccc(CS(C)(=O)=O)cc1S(=O)(=O)NC(=O)c1c(-c2ccc[nH]c2=O)c2cc(Cl)ccc2n1Cc1ccccc1F. The van der Waals surface area contributed by atoms with Crippen molar-refractivity contribution in [1.82, 2.24) is 14.3 Å². The number of nitrogens with zero attached hydrogens (tertiary/aromatic N) is 1. The Kier molecular flexibility index (Phi) is 8.03. The van der Waals surface area contributed by atoms with E-state index in [1.807, 2.05) is 0 Å². The van der Waals surface area contributed by atoms with Crippen LogP contribution >= 0.6 is 11.6 Å². The average Bonchev–Trinajstić information content (AvgIpc) is 3.23. The predicted molar refractivity (Wildman–Crippen MR) is 163 cm³/mol. The molecule has 9 nitrogen and oxygen atoms in total. The van der Waals surface area contributed by atoms with Crippen molar-refractivity contribution in [3.63, 3.8) is 0 Å². The van der Waals surface area contributed by atoms with Gasteiger partial charge in [0.15, 0.2) is 9.84 Å². The Hall–Kier alpha value is -4.26. The third kappa shape index (κ3) is 6.26. The second-order valence-electron chi connectivity index (χ2n) is 10.1. The number of fused-ring (bicyclic) bond motifs is 1. The molecule has 2 heterocycles. The molecule has 5 aromatic rings. The highest BCUT2D eigenvalue weighted by Gasteiger charge is 2.30. The fraction of sp³-hybridized carbons (Fsp3) is 0.133. The van der Waals surface area contributed by atoms with Crippen LogP contribution < -0.4 is 10.3 Å². The number of nitrogens with one attached hydrogen (secondary N) is 2. The quantitative estimate of drug-likeness (QED) is 0.250. The van der Waals surface area contributed by atoms with Crippen molar-refractivity contribution in [2.45, 2.75) is 24.1 Å². The van der Waals surface area contributed by atoms with E-state index in [2.05, 4.69) is 9.71 Å². The Labute approximate surface area is 251 Å². The molecule has 0 bridgehead atoms. The first-order valence-corrected chi connectivity index (χ1v) is 16.7. The number of pyridine rings is 1. The van der Waals surface area contributed by atoms with Crippen LogP contribution in [0.15, 0.2) is 88.7 Å². The molecule has 0 radical (unpaired) electrons. The predicted octanol–water partition coefficient (Wildman–Crippen LogP) is 4.81. The van der Waals surface area contributed by atoms with Gasteiger partial charge in [0.05, 0.1) is 17.2 Å². The van der Waals surface area contributed by atoms with Gasteiger partial charge in [0.1, 0.15) is 11.5 Å². The summed E-state index contributed by atoms with van der Waals surface area (Å²) in [5.74, 6) is -2.04. The minimum absolute atomic E-state index is 0.0657. The van der Waals surface area contributed by atoms with E-state index in [0.29, 0.717) is 15.9 Å². The van der Waals surface area contributed by atoms with Crippen molar-refractivity contribution < 1.29 is 26.0 Å². The molecule has 0 fully saturated rings. The van der Waals surface area contributed by atoms with Crippen molar-refractivity contribution in [2.75, 3.05) is 6.26 Å². The molecular weight excluding hydrogens is 617 g/mol. The van der Waals surface area contributed by atoms with E-state index in [-0.39, 0.29) is 45.0 Å². The van der Waals surface area contributed by atoms with Gasteiger partial charge in [-0.3, -0.25) is 9.59 Å². The molecule has 0 aliphatic carbocycles. The van der Waals surface area contributed by atoms with E-state index >= 15 is 0 Å². The van der Waals surface area contributed by atoms with Gasteiger partial charge in [-0.1, -0.05) is 41.9 Å². The van der Waals surface area contributed by atoms with Gasteiger partial charge >= 0.3 is 0 Å². The highest BCUT2D eigenvalue weighted by Crippen LogP contribution is 2.36. The molecule has 5 rings (SSSR count). The molecule has 0 aliphatic rings. The molecule has 0 saturated heterocycles. The maximum atomic E-state index is 14.8. The van der Waals surface area contributed by atoms with Crippen molar-refractivity contribution in [3.8, 4) is 11.1 Å². The smallest absolute Gasteiger partial charge is 0.282 e. The summed E-state index contributed by atoms with van der Waals surface area (Å²) in [7, 11) is -8.04. The Morgan fingerprint density at radius 1 is 1.00 bits per heavy atom. The largest absolute Gasteiger partial charge is 0.331 e. The molecule has 0 aliphatic heterocycles. The third-order valence-corrected chi connectivity index (χ3v) is 9.38. The van der Waals surface area contributed by atoms with E-state index in [0.717, 1.165) is 6.26 Å². The number of carbonyl (C=O) groups excluding carboxylic acids is 1. The molecule has 0 saturated carbocycles. The van der Waals surface area contributed by atoms with Crippen LogP contribution in [0, 0.1) is 12.7 Å². The number of sulfone groups is 1. The third-order valence-electron chi connectivity index (χ3n) is 6.81. The van der Waals surface area contributed by atoms with E-state index in [1.165, 1.54) is 60.2 Å². The van der Waals surface area contributed by atoms with Crippen LogP contribution in [-0.2, 0) is 32.2 Å². The Bertz CT molecular complexity index is 2190. The van der Waals surface area contributed by atoms with Crippen LogP contribution in [0.3, 0.4) is 0 Å². The summed E-state index contributed by atoms with van der Waals surface area (Å²) in [5, 5.41) is 0.663. The number of hydrogen-bond donors (Lipinski definition) is 2. The number of H-pyrrole nitrogens is 1. The summed E-state index contributed by atoms with van der Waals surface area (Å²) < 4.78 is 69.3. The van der Waals surface area contributed by atoms with Gasteiger partial charge in [0.25, 0.3) is 21.5 Å². The highest BCUT2D eigenvalue weighted by atomic mass is 35.5. The number of aryl methyl sites for hydroxylation is 1. The summed E-state index contributed by atoms with van der Waals surface area (Å²) in [6.07, 6.45) is 2.43. The van der Waals surface area contributed by atoms with Gasteiger partial charge in [-0.15, -0.1) is 0 Å². The molecule has 3 aromatic carbocycles. The average molecular weight is 642 g/mol. The summed E-state index contributed by atoms with van der Waals surface area (Å²) in [6.45, 7) is 1.33. The lowest BCUT2D eigenvalue weighted by atomic mass is 10.0. The van der Waals surface area contributed by atoms with E-state index in [9.17, 15) is 30.8 Å². The Morgan fingerprint density at radius 3 is 2.44 bits per heavy atom. The van der Waals surface area contributed by atoms with Crippen LogP contribution in [0.5, 0.6) is 0 Å². The van der Waals surface area contributed by atoms with E-state index < -0.39 is 42.9 Å². The zero-order valence-electron chi connectivity index (χ0n) is 22.9. The molecule has 1 amide bonds. The second kappa shape index (κ2) is 11.4. The summed E-state index contributed by atoms with van der Waals surface area (Å²) in [5.41, 5.74) is 0.516.